The lowest BCUT2D eigenvalue weighted by Crippen LogP contribution is -3.00. The molecule has 0 radical (unpaired) electrons. The Morgan fingerprint density at radius 3 is 1.26 bits per heavy atom. The number of halogens is 4. The Bertz CT molecular complexity index is 670. The Morgan fingerprint density at radius 1 is 0.500 bits per heavy atom. The number of hydrogen-bond acceptors (Lipinski definition) is 8. The van der Waals surface area contributed by atoms with Crippen molar-refractivity contribution < 1.29 is 89.2 Å². The second-order valence-electron chi connectivity index (χ2n) is 11.1. The Balaban J connectivity index is -0.00000114. The normalized spacial score (nSPS) is 13.7. The van der Waals surface area contributed by atoms with Crippen molar-refractivity contribution in [3.05, 3.63) is 36.5 Å². The molecule has 6 N–H and O–H groups in total. The molecule has 0 aliphatic heterocycles. The SMILES string of the molecule is C[N+](C)(C/C=C/CC(CO)N(CCO)CCO)C/C=C/C[N+](C)(C)C/C=C/CN(CCO)C(CO)CCO.[Cl-].[Cl-].[Cl-].[Cl-]. The van der Waals surface area contributed by atoms with Crippen molar-refractivity contribution in [2.24, 2.45) is 0 Å². The first-order chi connectivity index (χ1) is 18.1. The largest absolute Gasteiger partial charge is 1.00 e. The molecule has 0 aromatic carbocycles. The number of quaternary nitrogens is 2. The summed E-state index contributed by atoms with van der Waals surface area (Å²) in [5.74, 6) is 0. The number of aliphatic hydroxyl groups is 6. The molecule has 0 aromatic rings. The van der Waals surface area contributed by atoms with Gasteiger partial charge in [-0.05, 0) is 37.1 Å². The van der Waals surface area contributed by atoms with Crippen LogP contribution in [0.25, 0.3) is 0 Å². The van der Waals surface area contributed by atoms with Crippen LogP contribution < -0.4 is 49.6 Å². The van der Waals surface area contributed by atoms with Crippen molar-refractivity contribution in [3.8, 4) is 0 Å². The fraction of sp³-hybridized carbons (Fsp3) is 0.786. The molecule has 0 saturated heterocycles. The molecule has 0 saturated carbocycles. The average Bonchev–Trinajstić information content (AvgIpc) is 2.87. The topological polar surface area (TPSA) is 128 Å². The lowest BCUT2D eigenvalue weighted by Gasteiger charge is -2.30. The van der Waals surface area contributed by atoms with E-state index < -0.39 is 0 Å². The summed E-state index contributed by atoms with van der Waals surface area (Å²) in [5.41, 5.74) is 0. The van der Waals surface area contributed by atoms with E-state index in [9.17, 15) is 30.6 Å². The van der Waals surface area contributed by atoms with Crippen LogP contribution in [0.3, 0.4) is 0 Å². The summed E-state index contributed by atoms with van der Waals surface area (Å²) in [4.78, 5) is 3.90. The summed E-state index contributed by atoms with van der Waals surface area (Å²) in [6.45, 7) is 5.46. The van der Waals surface area contributed by atoms with Crippen molar-refractivity contribution in [1.82, 2.24) is 9.80 Å². The molecule has 0 fully saturated rings. The molecule has 0 heterocycles. The molecule has 0 aliphatic carbocycles. The number of nitrogens with zero attached hydrogens (tertiary/aromatic N) is 4. The van der Waals surface area contributed by atoms with Gasteiger partial charge in [-0.3, -0.25) is 9.80 Å². The third-order valence-corrected chi connectivity index (χ3v) is 6.72. The minimum absolute atomic E-state index is 0. The molecule has 0 aromatic heterocycles. The highest BCUT2D eigenvalue weighted by atomic mass is 35.5. The summed E-state index contributed by atoms with van der Waals surface area (Å²) in [5, 5.41) is 56.2. The van der Waals surface area contributed by atoms with Gasteiger partial charge >= 0.3 is 0 Å². The molecule has 14 heteroatoms. The van der Waals surface area contributed by atoms with Crippen molar-refractivity contribution in [1.29, 1.82) is 0 Å². The summed E-state index contributed by atoms with van der Waals surface area (Å²) in [6, 6.07) is -0.258. The summed E-state index contributed by atoms with van der Waals surface area (Å²) in [6.07, 6.45) is 14.0. The average molecular weight is 689 g/mol. The minimum atomic E-state index is -0.151. The molecule has 256 valence electrons. The molecule has 2 unspecified atom stereocenters. The van der Waals surface area contributed by atoms with Gasteiger partial charge in [0.1, 0.15) is 0 Å². The van der Waals surface area contributed by atoms with Crippen LogP contribution in [0.2, 0.25) is 0 Å². The maximum atomic E-state index is 9.70. The van der Waals surface area contributed by atoms with Crippen LogP contribution in [0.4, 0.5) is 0 Å². The number of rotatable bonds is 24. The Hall–Kier alpha value is -0.0200. The smallest absolute Gasteiger partial charge is 0.0974 e. The van der Waals surface area contributed by atoms with Crippen LogP contribution >= 0.6 is 0 Å². The molecule has 42 heavy (non-hydrogen) atoms. The summed E-state index contributed by atoms with van der Waals surface area (Å²) < 4.78 is 1.61. The van der Waals surface area contributed by atoms with Crippen molar-refractivity contribution in [2.45, 2.75) is 24.9 Å². The van der Waals surface area contributed by atoms with Gasteiger partial charge < -0.3 is 89.2 Å². The third kappa shape index (κ3) is 25.3. The Morgan fingerprint density at radius 2 is 0.881 bits per heavy atom. The highest BCUT2D eigenvalue weighted by molar-refractivity contribution is 4.90. The predicted octanol–water partition coefficient (Wildman–Crippen LogP) is -13.1. The zero-order chi connectivity index (χ0) is 28.9. The van der Waals surface area contributed by atoms with Gasteiger partial charge in [0, 0.05) is 44.9 Å². The van der Waals surface area contributed by atoms with Gasteiger partial charge in [-0.25, -0.2) is 0 Å². The van der Waals surface area contributed by atoms with Gasteiger partial charge in [-0.1, -0.05) is 12.2 Å². The monoisotopic (exact) mass is 686 g/mol. The standard InChI is InChI=1S/C28H58N4O6.4ClH/c1-31(2,17-7-5-11-27(25-37)30(15-23-35)16-24-36)19-9-10-20-32(3,4)18-8-6-13-29(14-22-34)28(26-38)12-21-33;;;;/h5-10,27-28,33-38H,11-26H2,1-4H3;4*1H/q+2;;;;/p-4/b7-5+,8-6+,10-9+;;;;. The van der Waals surface area contributed by atoms with E-state index in [2.05, 4.69) is 64.6 Å². The number of hydrogen-bond donors (Lipinski definition) is 6. The second kappa shape index (κ2) is 31.0. The van der Waals surface area contributed by atoms with Crippen LogP contribution in [0.15, 0.2) is 36.5 Å². The maximum absolute atomic E-state index is 9.70. The first kappa shape index (κ1) is 51.6. The zero-order valence-electron chi connectivity index (χ0n) is 25.9. The molecular weight excluding hydrogens is 630 g/mol. The number of aliphatic hydroxyl groups excluding tert-OH is 6. The van der Waals surface area contributed by atoms with Gasteiger partial charge in [0.2, 0.25) is 0 Å². The van der Waals surface area contributed by atoms with Crippen molar-refractivity contribution >= 4 is 0 Å². The summed E-state index contributed by atoms with van der Waals surface area (Å²) in [7, 11) is 8.72. The van der Waals surface area contributed by atoms with Crippen molar-refractivity contribution in [3.63, 3.8) is 0 Å². The molecule has 0 bridgehead atoms. The van der Waals surface area contributed by atoms with E-state index in [1.165, 1.54) is 0 Å². The fourth-order valence-corrected chi connectivity index (χ4v) is 4.21. The Kier molecular flexibility index (Phi) is 38.0. The first-order valence-corrected chi connectivity index (χ1v) is 13.8. The van der Waals surface area contributed by atoms with E-state index in [4.69, 9.17) is 0 Å². The van der Waals surface area contributed by atoms with Crippen LogP contribution in [0.5, 0.6) is 0 Å². The van der Waals surface area contributed by atoms with E-state index in [1.54, 1.807) is 0 Å². The number of likely N-dealkylation sites (N-methyl/N-ethyl adjacent to an activating group) is 2. The lowest BCUT2D eigenvalue weighted by atomic mass is 10.1. The third-order valence-electron chi connectivity index (χ3n) is 6.72. The fourth-order valence-electron chi connectivity index (χ4n) is 4.21. The van der Waals surface area contributed by atoms with Gasteiger partial charge in [-0.15, -0.1) is 0 Å². The van der Waals surface area contributed by atoms with Crippen LogP contribution in [0, 0.1) is 0 Å². The van der Waals surface area contributed by atoms with E-state index >= 15 is 0 Å². The van der Waals surface area contributed by atoms with Crippen molar-refractivity contribution in [2.75, 3.05) is 120 Å². The predicted molar refractivity (Wildman–Crippen MR) is 154 cm³/mol. The molecule has 0 amide bonds. The first-order valence-electron chi connectivity index (χ1n) is 13.8. The molecule has 0 aliphatic rings. The van der Waals surface area contributed by atoms with Gasteiger partial charge in [-0.2, -0.15) is 0 Å². The summed E-state index contributed by atoms with van der Waals surface area (Å²) >= 11 is 0. The molecular formula is C28H58Cl4N4O6-2. The Labute approximate surface area is 279 Å². The van der Waals surface area contributed by atoms with Crippen LogP contribution in [0.1, 0.15) is 12.8 Å². The van der Waals surface area contributed by atoms with Gasteiger partial charge in [0.15, 0.2) is 0 Å². The molecule has 2 atom stereocenters. The minimum Gasteiger partial charge on any atom is -1.00 e. The highest BCUT2D eigenvalue weighted by Gasteiger charge is 2.17. The van der Waals surface area contributed by atoms with E-state index in [1.807, 2.05) is 9.80 Å². The van der Waals surface area contributed by atoms with Gasteiger partial charge in [0.25, 0.3) is 0 Å². The van der Waals surface area contributed by atoms with E-state index in [0.717, 1.165) is 35.1 Å². The maximum Gasteiger partial charge on any atom is 0.0974 e. The van der Waals surface area contributed by atoms with E-state index in [-0.39, 0.29) is 101 Å². The van der Waals surface area contributed by atoms with E-state index in [0.29, 0.717) is 39.0 Å². The highest BCUT2D eigenvalue weighted by Crippen LogP contribution is 2.07. The molecule has 0 rings (SSSR count). The zero-order valence-corrected chi connectivity index (χ0v) is 28.9. The second-order valence-corrected chi connectivity index (χ2v) is 11.1. The lowest BCUT2D eigenvalue weighted by molar-refractivity contribution is -0.881. The quantitative estimate of drug-likeness (QED) is 0.0437. The van der Waals surface area contributed by atoms with Crippen LogP contribution in [-0.2, 0) is 0 Å². The molecule has 0 spiro atoms. The van der Waals surface area contributed by atoms with Gasteiger partial charge in [0.05, 0.1) is 87.4 Å². The molecule has 10 nitrogen and oxygen atoms in total. The van der Waals surface area contributed by atoms with Crippen LogP contribution in [-0.4, -0.2) is 182 Å².